The van der Waals surface area contributed by atoms with Crippen LogP contribution in [-0.4, -0.2) is 33.1 Å². The largest absolute Gasteiger partial charge is 0.465 e. The van der Waals surface area contributed by atoms with Gasteiger partial charge >= 0.3 is 6.09 Å². The number of halogens is 3. The first-order chi connectivity index (χ1) is 16.0. The normalized spacial score (nSPS) is 12.5. The lowest BCUT2D eigenvalue weighted by atomic mass is 10.00. The van der Waals surface area contributed by atoms with Crippen LogP contribution in [0.1, 0.15) is 34.6 Å². The average molecular weight is 474 g/mol. The summed E-state index contributed by atoms with van der Waals surface area (Å²) in [6, 6.07) is 5.42. The smallest absolute Gasteiger partial charge is 0.404 e. The highest BCUT2D eigenvalue weighted by Gasteiger charge is 2.25. The number of rotatable bonds is 8. The van der Waals surface area contributed by atoms with Crippen LogP contribution in [0.25, 0.3) is 0 Å². The van der Waals surface area contributed by atoms with E-state index < -0.39 is 41.5 Å². The third kappa shape index (κ3) is 5.71. The molecule has 0 saturated heterocycles. The van der Waals surface area contributed by atoms with E-state index in [0.717, 1.165) is 18.2 Å². The summed E-state index contributed by atoms with van der Waals surface area (Å²) in [4.78, 5) is 31.0. The van der Waals surface area contributed by atoms with Crippen molar-refractivity contribution in [3.8, 4) is 0 Å². The zero-order valence-corrected chi connectivity index (χ0v) is 18.1. The van der Waals surface area contributed by atoms with Crippen LogP contribution in [0.4, 0.5) is 35.3 Å². The van der Waals surface area contributed by atoms with E-state index in [1.165, 1.54) is 38.2 Å². The van der Waals surface area contributed by atoms with Crippen LogP contribution in [0.2, 0.25) is 0 Å². The van der Waals surface area contributed by atoms with Gasteiger partial charge in [0.25, 0.3) is 5.91 Å². The number of benzene rings is 1. The summed E-state index contributed by atoms with van der Waals surface area (Å²) in [6.45, 7) is 2.96. The molecule has 2 heterocycles. The molecule has 2 aromatic heterocycles. The van der Waals surface area contributed by atoms with Crippen molar-refractivity contribution in [2.75, 3.05) is 10.6 Å². The summed E-state index contributed by atoms with van der Waals surface area (Å²) in [7, 11) is 0. The van der Waals surface area contributed by atoms with Crippen molar-refractivity contribution in [1.29, 1.82) is 0 Å². The number of hydrogen-bond donors (Lipinski definition) is 5. The molecule has 0 aliphatic rings. The maximum absolute atomic E-state index is 14.9. The van der Waals surface area contributed by atoms with E-state index in [9.17, 15) is 22.8 Å². The van der Waals surface area contributed by atoms with Gasteiger partial charge in [-0.25, -0.2) is 22.9 Å². The average Bonchev–Trinajstić information content (AvgIpc) is 2.75. The van der Waals surface area contributed by atoms with Crippen LogP contribution in [0.3, 0.4) is 0 Å². The number of nitrogens with one attached hydrogen (secondary N) is 3. The minimum absolute atomic E-state index is 0.123. The number of amides is 2. The lowest BCUT2D eigenvalue weighted by molar-refractivity contribution is 0.1000. The minimum atomic E-state index is -1.34. The quantitative estimate of drug-likeness (QED) is 0.334. The molecule has 0 bridgehead atoms. The van der Waals surface area contributed by atoms with Gasteiger partial charge in [0.1, 0.15) is 17.5 Å². The number of carbonyl (C=O) groups is 2. The highest BCUT2D eigenvalue weighted by Crippen LogP contribution is 2.28. The minimum Gasteiger partial charge on any atom is -0.465 e. The molecule has 9 nitrogen and oxygen atoms in total. The molecular weight excluding hydrogens is 453 g/mol. The van der Waals surface area contributed by atoms with Gasteiger partial charge in [-0.1, -0.05) is 12.1 Å². The number of nitrogens with two attached hydrogens (primary N) is 1. The summed E-state index contributed by atoms with van der Waals surface area (Å²) in [5, 5.41) is 16.8. The van der Waals surface area contributed by atoms with Crippen LogP contribution in [0.5, 0.6) is 0 Å². The number of pyridine rings is 2. The summed E-state index contributed by atoms with van der Waals surface area (Å²) in [5.74, 6) is -3.76. The molecule has 0 radical (unpaired) electrons. The topological polar surface area (TPSA) is 142 Å². The summed E-state index contributed by atoms with van der Waals surface area (Å²) in [6.07, 6.45) is -0.0557. The van der Waals surface area contributed by atoms with E-state index in [2.05, 4.69) is 25.9 Å². The number of carboxylic acid groups (broad SMARTS) is 1. The first-order valence-corrected chi connectivity index (χ1v) is 9.96. The number of anilines is 3. The molecule has 3 rings (SSSR count). The Kier molecular flexibility index (Phi) is 7.19. The zero-order valence-electron chi connectivity index (χ0n) is 18.1. The van der Waals surface area contributed by atoms with Gasteiger partial charge in [0, 0.05) is 6.07 Å². The van der Waals surface area contributed by atoms with Crippen molar-refractivity contribution in [1.82, 2.24) is 15.3 Å². The fraction of sp³-hybridized carbons (Fsp3) is 0.182. The number of nitrogens with zero attached hydrogens (tertiary/aromatic N) is 2. The summed E-state index contributed by atoms with van der Waals surface area (Å²) in [5.41, 5.74) is 5.60. The first-order valence-electron chi connectivity index (χ1n) is 9.96. The van der Waals surface area contributed by atoms with Crippen molar-refractivity contribution in [3.63, 3.8) is 0 Å². The maximum atomic E-state index is 14.9. The predicted octanol–water partition coefficient (Wildman–Crippen LogP) is 3.85. The summed E-state index contributed by atoms with van der Waals surface area (Å²) < 4.78 is 42.6. The van der Waals surface area contributed by atoms with Crippen molar-refractivity contribution >= 4 is 29.3 Å². The molecule has 0 fully saturated rings. The van der Waals surface area contributed by atoms with E-state index in [0.29, 0.717) is 5.56 Å². The predicted molar refractivity (Wildman–Crippen MR) is 118 cm³/mol. The highest BCUT2D eigenvalue weighted by atomic mass is 19.1. The molecular formula is C22H21F3N6O3. The Balaban J connectivity index is 2.03. The van der Waals surface area contributed by atoms with Crippen molar-refractivity contribution in [2.24, 2.45) is 5.73 Å². The van der Waals surface area contributed by atoms with Crippen molar-refractivity contribution < 1.29 is 27.9 Å². The van der Waals surface area contributed by atoms with E-state index in [4.69, 9.17) is 10.8 Å². The Morgan fingerprint density at radius 3 is 2.44 bits per heavy atom. The zero-order chi connectivity index (χ0) is 25.0. The molecule has 0 spiro atoms. The Hall–Kier alpha value is -4.35. The van der Waals surface area contributed by atoms with Gasteiger partial charge in [0.2, 0.25) is 0 Å². The third-order valence-corrected chi connectivity index (χ3v) is 4.88. The molecule has 3 aromatic rings. The Bertz CT molecular complexity index is 1240. The van der Waals surface area contributed by atoms with Crippen LogP contribution in [-0.2, 0) is 0 Å². The van der Waals surface area contributed by atoms with Crippen LogP contribution < -0.4 is 21.7 Å². The number of primary amides is 1. The van der Waals surface area contributed by atoms with E-state index >= 15 is 0 Å². The van der Waals surface area contributed by atoms with Crippen molar-refractivity contribution in [2.45, 2.75) is 25.9 Å². The van der Waals surface area contributed by atoms with Gasteiger partial charge in [0.05, 0.1) is 35.2 Å². The third-order valence-electron chi connectivity index (χ3n) is 4.88. The monoisotopic (exact) mass is 474 g/mol. The number of hydrogen-bond acceptors (Lipinski definition) is 6. The molecule has 12 heteroatoms. The fourth-order valence-corrected chi connectivity index (χ4v) is 3.21. The second-order valence-corrected chi connectivity index (χ2v) is 7.41. The fourth-order valence-electron chi connectivity index (χ4n) is 3.21. The molecule has 6 N–H and O–H groups in total. The second kappa shape index (κ2) is 10.1. The standard InChI is InChI=1S/C22H21F3N6O3/c1-10-16(24)7-14(9-27-10)29-20-15(19(26)32)8-17(25)21(31-20)30-18(11(2)28-22(33)34)12-4-3-5-13(23)6-12/h3-9,11,18,28H,1-2H3,(H2,26,32)(H,33,34)(H2,29,30,31)/t11-,18-/m0/s1. The summed E-state index contributed by atoms with van der Waals surface area (Å²) >= 11 is 0. The Morgan fingerprint density at radius 2 is 1.82 bits per heavy atom. The van der Waals surface area contributed by atoms with Gasteiger partial charge in [-0.15, -0.1) is 0 Å². The van der Waals surface area contributed by atoms with Gasteiger partial charge in [-0.05, 0) is 37.6 Å². The molecule has 34 heavy (non-hydrogen) atoms. The number of aromatic nitrogens is 2. The van der Waals surface area contributed by atoms with Gasteiger partial charge in [-0.3, -0.25) is 9.78 Å². The first kappa shape index (κ1) is 24.3. The Labute approximate surface area is 192 Å². The molecule has 0 saturated carbocycles. The molecule has 2 atom stereocenters. The van der Waals surface area contributed by atoms with Crippen molar-refractivity contribution in [3.05, 3.63) is 76.9 Å². The molecule has 0 aliphatic carbocycles. The Morgan fingerprint density at radius 1 is 1.09 bits per heavy atom. The molecule has 178 valence electrons. The molecule has 1 aromatic carbocycles. The maximum Gasteiger partial charge on any atom is 0.404 e. The second-order valence-electron chi connectivity index (χ2n) is 7.41. The molecule has 2 amide bonds. The van der Waals surface area contributed by atoms with Gasteiger partial charge in [-0.2, -0.15) is 0 Å². The lowest BCUT2D eigenvalue weighted by Crippen LogP contribution is -2.39. The van der Waals surface area contributed by atoms with Crippen LogP contribution in [0.15, 0.2) is 42.6 Å². The van der Waals surface area contributed by atoms with E-state index in [1.54, 1.807) is 0 Å². The number of carbonyl (C=O) groups excluding carboxylic acids is 1. The number of aryl methyl sites for hydroxylation is 1. The van der Waals surface area contributed by atoms with Gasteiger partial charge < -0.3 is 26.8 Å². The SMILES string of the molecule is Cc1ncc(Nc2nc(N[C@H](c3cccc(F)c3)[C@H](C)NC(=O)O)c(F)cc2C(N)=O)cc1F. The van der Waals surface area contributed by atoms with Crippen LogP contribution >= 0.6 is 0 Å². The lowest BCUT2D eigenvalue weighted by Gasteiger charge is -2.26. The van der Waals surface area contributed by atoms with E-state index in [-0.39, 0.29) is 28.6 Å². The molecule has 0 unspecified atom stereocenters. The van der Waals surface area contributed by atoms with Crippen LogP contribution in [0, 0.1) is 24.4 Å². The molecule has 0 aliphatic heterocycles. The van der Waals surface area contributed by atoms with Gasteiger partial charge in [0.15, 0.2) is 11.6 Å². The highest BCUT2D eigenvalue weighted by molar-refractivity contribution is 5.98. The van der Waals surface area contributed by atoms with E-state index in [1.807, 2.05) is 0 Å².